The first-order valence-electron chi connectivity index (χ1n) is 9.93. The van der Waals surface area contributed by atoms with E-state index < -0.39 is 18.1 Å². The third-order valence-electron chi connectivity index (χ3n) is 5.65. The molecule has 3 aromatic rings. The van der Waals surface area contributed by atoms with Crippen LogP contribution in [0.5, 0.6) is 0 Å². The van der Waals surface area contributed by atoms with E-state index in [1.165, 1.54) is 10.4 Å². The lowest BCUT2D eigenvalue weighted by molar-refractivity contribution is -0.119. The fourth-order valence-electron chi connectivity index (χ4n) is 4.29. The fraction of sp³-hybridized carbons (Fsp3) is 0.381. The summed E-state index contributed by atoms with van der Waals surface area (Å²) in [6.45, 7) is 0.355. The normalized spacial score (nSPS) is 20.8. The largest absolute Gasteiger partial charge is 0.391 e. The lowest BCUT2D eigenvalue weighted by Gasteiger charge is -2.24. The van der Waals surface area contributed by atoms with Crippen molar-refractivity contribution in [1.29, 1.82) is 0 Å². The number of anilines is 1. The number of rotatable bonds is 5. The number of thiophene rings is 1. The van der Waals surface area contributed by atoms with Crippen LogP contribution in [-0.4, -0.2) is 39.7 Å². The fourth-order valence-corrected chi connectivity index (χ4v) is 6.44. The second-order valence-electron chi connectivity index (χ2n) is 7.70. The molecule has 156 valence electrons. The average molecular weight is 461 g/mol. The number of amides is 1. The van der Waals surface area contributed by atoms with E-state index in [2.05, 4.69) is 0 Å². The lowest BCUT2D eigenvalue weighted by Crippen LogP contribution is -2.41. The van der Waals surface area contributed by atoms with Crippen molar-refractivity contribution in [2.75, 3.05) is 11.4 Å². The van der Waals surface area contributed by atoms with Crippen molar-refractivity contribution in [2.45, 2.75) is 48.5 Å². The van der Waals surface area contributed by atoms with Crippen molar-refractivity contribution in [1.82, 2.24) is 9.97 Å². The second-order valence-corrected chi connectivity index (χ2v) is 10.3. The topological polar surface area (TPSA) is 92.3 Å². The van der Waals surface area contributed by atoms with E-state index in [-0.39, 0.29) is 0 Å². The number of aliphatic hydroxyl groups excluding tert-OH is 1. The van der Waals surface area contributed by atoms with Gasteiger partial charge in [0.25, 0.3) is 0 Å². The number of aryl methyl sites for hydroxylation is 2. The van der Waals surface area contributed by atoms with Crippen LogP contribution in [0.25, 0.3) is 10.2 Å². The molecule has 6 nitrogen and oxygen atoms in total. The van der Waals surface area contributed by atoms with Gasteiger partial charge in [-0.1, -0.05) is 11.6 Å². The molecule has 30 heavy (non-hydrogen) atoms. The van der Waals surface area contributed by atoms with Crippen molar-refractivity contribution in [3.63, 3.8) is 0 Å². The maximum Gasteiger partial charge on any atom is 0.240 e. The highest BCUT2D eigenvalue weighted by Gasteiger charge is 2.38. The van der Waals surface area contributed by atoms with Gasteiger partial charge in [-0.15, -0.1) is 23.1 Å². The van der Waals surface area contributed by atoms with E-state index in [1.54, 1.807) is 23.1 Å². The van der Waals surface area contributed by atoms with Gasteiger partial charge in [0, 0.05) is 27.8 Å². The zero-order valence-corrected chi connectivity index (χ0v) is 18.6. The Morgan fingerprint density at radius 2 is 2.10 bits per heavy atom. The van der Waals surface area contributed by atoms with Gasteiger partial charge in [-0.3, -0.25) is 4.79 Å². The number of primary amides is 1. The molecular weight excluding hydrogens is 440 g/mol. The molecule has 1 saturated heterocycles. The summed E-state index contributed by atoms with van der Waals surface area (Å²) < 4.78 is 0. The molecular formula is C21H21ClN4O2S2. The minimum absolute atomic E-state index is 0.335. The van der Waals surface area contributed by atoms with Gasteiger partial charge in [-0.25, -0.2) is 9.97 Å². The van der Waals surface area contributed by atoms with Crippen molar-refractivity contribution in [3.8, 4) is 0 Å². The van der Waals surface area contributed by atoms with Crippen LogP contribution in [0, 0.1) is 0 Å². The number of β-amino-alcohol motifs (C(OH)–C–C–N with tert-alkyl or cyclic N) is 1. The molecule has 1 aromatic carbocycles. The Bertz CT molecular complexity index is 1120. The summed E-state index contributed by atoms with van der Waals surface area (Å²) in [7, 11) is 0. The molecule has 3 N–H and O–H groups in total. The van der Waals surface area contributed by atoms with Crippen molar-refractivity contribution >= 4 is 56.6 Å². The zero-order valence-electron chi connectivity index (χ0n) is 16.2. The molecule has 2 aromatic heterocycles. The van der Waals surface area contributed by atoms with Gasteiger partial charge in [-0.05, 0) is 49.1 Å². The predicted molar refractivity (Wildman–Crippen MR) is 121 cm³/mol. The number of fused-ring (bicyclic) bond motifs is 3. The molecule has 0 bridgehead atoms. The minimum atomic E-state index is -0.592. The van der Waals surface area contributed by atoms with Crippen LogP contribution in [0.2, 0.25) is 5.02 Å². The van der Waals surface area contributed by atoms with E-state index >= 15 is 0 Å². The maximum atomic E-state index is 12.1. The molecule has 1 amide bonds. The number of nitrogens with zero attached hydrogens (tertiary/aromatic N) is 3. The molecule has 1 aliphatic heterocycles. The number of nitrogens with two attached hydrogens (primary N) is 1. The monoisotopic (exact) mass is 460 g/mol. The number of aromatic nitrogens is 2. The smallest absolute Gasteiger partial charge is 0.240 e. The van der Waals surface area contributed by atoms with Gasteiger partial charge in [0.2, 0.25) is 5.91 Å². The number of aliphatic hydroxyl groups is 1. The van der Waals surface area contributed by atoms with Crippen LogP contribution in [0.1, 0.15) is 29.1 Å². The van der Waals surface area contributed by atoms with Crippen LogP contribution in [0.4, 0.5) is 5.82 Å². The summed E-state index contributed by atoms with van der Waals surface area (Å²) in [5, 5.41) is 12.0. The van der Waals surface area contributed by atoms with Crippen LogP contribution < -0.4 is 10.6 Å². The summed E-state index contributed by atoms with van der Waals surface area (Å²) in [4.78, 5) is 27.1. The second kappa shape index (κ2) is 8.00. The van der Waals surface area contributed by atoms with Crippen molar-refractivity contribution < 1.29 is 9.90 Å². The molecule has 1 fully saturated rings. The Morgan fingerprint density at radius 3 is 2.87 bits per heavy atom. The molecule has 5 rings (SSSR count). The standard InChI is InChI=1S/C21H21ClN4O2S2/c22-11-4-6-13(7-5-11)29-10-17-24-20(26-9-12(27)8-15(26)19(23)28)18-14-2-1-3-16(14)30-21(18)25-17/h4-7,12,15,27H,1-3,8-10H2,(H2,23,28)/t12-,15+/m1/s1. The molecule has 0 spiro atoms. The molecule has 0 saturated carbocycles. The average Bonchev–Trinajstić information content (AvgIpc) is 3.41. The Balaban J connectivity index is 1.55. The third kappa shape index (κ3) is 3.66. The number of hydrogen-bond acceptors (Lipinski definition) is 7. The zero-order chi connectivity index (χ0) is 20.8. The Labute approximate surface area is 187 Å². The summed E-state index contributed by atoms with van der Waals surface area (Å²) in [5.74, 6) is 1.63. The van der Waals surface area contributed by atoms with Gasteiger partial charge in [0.15, 0.2) is 0 Å². The van der Waals surface area contributed by atoms with Gasteiger partial charge < -0.3 is 15.7 Å². The minimum Gasteiger partial charge on any atom is -0.391 e. The molecule has 0 radical (unpaired) electrons. The summed E-state index contributed by atoms with van der Waals surface area (Å²) in [6.07, 6.45) is 2.94. The van der Waals surface area contributed by atoms with E-state index in [0.29, 0.717) is 29.6 Å². The van der Waals surface area contributed by atoms with Crippen LogP contribution >= 0.6 is 34.7 Å². The molecule has 2 atom stereocenters. The summed E-state index contributed by atoms with van der Waals surface area (Å²) >= 11 is 9.34. The Kier molecular flexibility index (Phi) is 5.35. The summed E-state index contributed by atoms with van der Waals surface area (Å²) in [5.41, 5.74) is 6.96. The van der Waals surface area contributed by atoms with Crippen molar-refractivity contribution in [2.24, 2.45) is 5.73 Å². The Morgan fingerprint density at radius 1 is 1.30 bits per heavy atom. The van der Waals surface area contributed by atoms with Crippen molar-refractivity contribution in [3.05, 3.63) is 45.6 Å². The van der Waals surface area contributed by atoms with Gasteiger partial charge in [0.1, 0.15) is 22.5 Å². The molecule has 0 unspecified atom stereocenters. The van der Waals surface area contributed by atoms with Crippen LogP contribution in [0.3, 0.4) is 0 Å². The first kappa shape index (κ1) is 20.1. The van der Waals surface area contributed by atoms with Gasteiger partial charge in [-0.2, -0.15) is 0 Å². The van der Waals surface area contributed by atoms with Crippen LogP contribution in [-0.2, 0) is 23.4 Å². The number of hydrogen-bond donors (Lipinski definition) is 2. The number of halogens is 1. The third-order valence-corrected chi connectivity index (χ3v) is 8.10. The van der Waals surface area contributed by atoms with Gasteiger partial charge in [0.05, 0.1) is 17.2 Å². The quantitative estimate of drug-likeness (QED) is 0.565. The molecule has 9 heteroatoms. The molecule has 3 heterocycles. The van der Waals surface area contributed by atoms with Crippen LogP contribution in [0.15, 0.2) is 29.2 Å². The molecule has 1 aliphatic carbocycles. The number of benzene rings is 1. The maximum absolute atomic E-state index is 12.1. The first-order chi connectivity index (χ1) is 14.5. The lowest BCUT2D eigenvalue weighted by atomic mass is 10.1. The molecule has 2 aliphatic rings. The Hall–Kier alpha value is -1.87. The highest BCUT2D eigenvalue weighted by molar-refractivity contribution is 7.98. The van der Waals surface area contributed by atoms with E-state index in [0.717, 1.165) is 40.2 Å². The highest BCUT2D eigenvalue weighted by Crippen LogP contribution is 2.42. The summed E-state index contributed by atoms with van der Waals surface area (Å²) in [6, 6.07) is 7.14. The highest BCUT2D eigenvalue weighted by atomic mass is 35.5. The number of carbonyl (C=O) groups is 1. The number of carbonyl (C=O) groups excluding carboxylic acids is 1. The number of thioether (sulfide) groups is 1. The SMILES string of the molecule is NC(=O)[C@@H]1C[C@@H](O)CN1c1nc(CSc2ccc(Cl)cc2)nc2sc3c(c12)CCC3. The van der Waals surface area contributed by atoms with E-state index in [9.17, 15) is 9.90 Å². The van der Waals surface area contributed by atoms with E-state index in [4.69, 9.17) is 27.3 Å². The first-order valence-corrected chi connectivity index (χ1v) is 12.1. The predicted octanol–water partition coefficient (Wildman–Crippen LogP) is 3.55. The van der Waals surface area contributed by atoms with Gasteiger partial charge >= 0.3 is 0 Å². The van der Waals surface area contributed by atoms with E-state index in [1.807, 2.05) is 29.2 Å².